The van der Waals surface area contributed by atoms with Crippen LogP contribution in [0.4, 0.5) is 4.79 Å². The minimum absolute atomic E-state index is 0.0190. The van der Waals surface area contributed by atoms with Crippen LogP contribution in [0.15, 0.2) is 59.5 Å². The molecular weight excluding hydrogens is 364 g/mol. The first kappa shape index (κ1) is 19.1. The third-order valence-electron chi connectivity index (χ3n) is 4.69. The predicted molar refractivity (Wildman–Crippen MR) is 102 cm³/mol. The third kappa shape index (κ3) is 4.54. The maximum absolute atomic E-state index is 12.6. The topological polar surface area (TPSA) is 83.6 Å². The number of nitrogens with zero attached hydrogens (tertiary/aromatic N) is 1. The van der Waals surface area contributed by atoms with E-state index in [4.69, 9.17) is 0 Å². The molecule has 3 rings (SSSR count). The molecule has 1 aliphatic rings. The summed E-state index contributed by atoms with van der Waals surface area (Å²) in [5.74, 6) is -0.344. The first-order chi connectivity index (χ1) is 12.9. The van der Waals surface area contributed by atoms with Gasteiger partial charge in [0, 0.05) is 24.6 Å². The summed E-state index contributed by atoms with van der Waals surface area (Å²) in [6, 6.07) is 14.5. The van der Waals surface area contributed by atoms with Gasteiger partial charge in [0.25, 0.3) is 10.0 Å². The lowest BCUT2D eigenvalue weighted by Gasteiger charge is -2.31. The van der Waals surface area contributed by atoms with Gasteiger partial charge in [-0.25, -0.2) is 17.9 Å². The molecule has 1 heterocycles. The Morgan fingerprint density at radius 1 is 1.04 bits per heavy atom. The number of nitrogens with one attached hydrogen (secondary N) is 1. The van der Waals surface area contributed by atoms with E-state index in [9.17, 15) is 18.0 Å². The normalized spacial score (nSPS) is 17.4. The second-order valence-corrected chi connectivity index (χ2v) is 8.42. The minimum Gasteiger partial charge on any atom is -0.323 e. The van der Waals surface area contributed by atoms with E-state index in [1.807, 2.05) is 13.0 Å². The van der Waals surface area contributed by atoms with Crippen LogP contribution >= 0.6 is 0 Å². The Labute approximate surface area is 159 Å². The fraction of sp³-hybridized carbons (Fsp3) is 0.300. The molecule has 0 saturated carbocycles. The van der Waals surface area contributed by atoms with Crippen LogP contribution in [-0.2, 0) is 10.0 Å². The van der Waals surface area contributed by atoms with E-state index in [2.05, 4.69) is 4.72 Å². The van der Waals surface area contributed by atoms with Crippen molar-refractivity contribution in [2.24, 2.45) is 5.92 Å². The Bertz CT molecular complexity index is 924. The first-order valence-corrected chi connectivity index (χ1v) is 10.3. The smallest absolute Gasteiger partial charge is 0.323 e. The van der Waals surface area contributed by atoms with Crippen molar-refractivity contribution in [2.45, 2.75) is 24.7 Å². The Morgan fingerprint density at radius 2 is 1.70 bits per heavy atom. The quantitative estimate of drug-likeness (QED) is 0.819. The number of ketones is 1. The molecule has 2 aromatic carbocycles. The van der Waals surface area contributed by atoms with Crippen LogP contribution in [0.3, 0.4) is 0 Å². The molecule has 0 bridgehead atoms. The Balaban J connectivity index is 1.68. The molecule has 1 fully saturated rings. The molecule has 0 spiro atoms. The fourth-order valence-corrected chi connectivity index (χ4v) is 4.14. The molecule has 1 saturated heterocycles. The summed E-state index contributed by atoms with van der Waals surface area (Å²) in [4.78, 5) is 26.6. The summed E-state index contributed by atoms with van der Waals surface area (Å²) in [7, 11) is -3.94. The number of aryl methyl sites for hydroxylation is 1. The fourth-order valence-electron chi connectivity index (χ4n) is 3.17. The molecule has 1 N–H and O–H groups in total. The molecule has 7 heteroatoms. The number of carbonyl (C=O) groups excluding carboxylic acids is 2. The molecule has 1 aliphatic heterocycles. The van der Waals surface area contributed by atoms with E-state index in [0.29, 0.717) is 24.9 Å². The lowest BCUT2D eigenvalue weighted by Crippen LogP contribution is -2.48. The summed E-state index contributed by atoms with van der Waals surface area (Å²) in [6.45, 7) is 2.49. The van der Waals surface area contributed by atoms with Gasteiger partial charge in [0.2, 0.25) is 0 Å². The van der Waals surface area contributed by atoms with Crippen molar-refractivity contribution in [1.29, 1.82) is 0 Å². The van der Waals surface area contributed by atoms with Gasteiger partial charge in [-0.1, -0.05) is 48.0 Å². The molecule has 142 valence electrons. The van der Waals surface area contributed by atoms with Crippen molar-refractivity contribution >= 4 is 21.8 Å². The number of likely N-dealkylation sites (tertiary alicyclic amines) is 1. The average Bonchev–Trinajstić information content (AvgIpc) is 2.68. The number of carbonyl (C=O) groups is 2. The van der Waals surface area contributed by atoms with Crippen LogP contribution in [0, 0.1) is 12.8 Å². The van der Waals surface area contributed by atoms with E-state index >= 15 is 0 Å². The van der Waals surface area contributed by atoms with Crippen molar-refractivity contribution in [3.8, 4) is 0 Å². The van der Waals surface area contributed by atoms with E-state index in [-0.39, 0.29) is 23.1 Å². The number of amides is 2. The van der Waals surface area contributed by atoms with Crippen LogP contribution in [0.25, 0.3) is 0 Å². The number of rotatable bonds is 4. The Morgan fingerprint density at radius 3 is 2.37 bits per heavy atom. The maximum Gasteiger partial charge on any atom is 0.331 e. The minimum atomic E-state index is -3.94. The summed E-state index contributed by atoms with van der Waals surface area (Å²) < 4.78 is 26.9. The second-order valence-electron chi connectivity index (χ2n) is 6.74. The summed E-state index contributed by atoms with van der Waals surface area (Å²) in [6.07, 6.45) is 1.34. The highest BCUT2D eigenvalue weighted by atomic mass is 32.2. The van der Waals surface area contributed by atoms with Crippen molar-refractivity contribution in [3.63, 3.8) is 0 Å². The largest absolute Gasteiger partial charge is 0.331 e. The van der Waals surface area contributed by atoms with Crippen LogP contribution in [-0.4, -0.2) is 38.2 Å². The van der Waals surface area contributed by atoms with Crippen LogP contribution in [0.5, 0.6) is 0 Å². The molecule has 2 aromatic rings. The predicted octanol–water partition coefficient (Wildman–Crippen LogP) is 2.99. The monoisotopic (exact) mass is 386 g/mol. The zero-order valence-corrected chi connectivity index (χ0v) is 15.9. The third-order valence-corrected chi connectivity index (χ3v) is 6.03. The van der Waals surface area contributed by atoms with Crippen LogP contribution in [0.2, 0.25) is 0 Å². The molecule has 6 nitrogen and oxygen atoms in total. The number of piperidine rings is 1. The molecule has 1 atom stereocenters. The second kappa shape index (κ2) is 7.92. The lowest BCUT2D eigenvalue weighted by molar-refractivity contribution is 0.0848. The zero-order valence-electron chi connectivity index (χ0n) is 15.1. The lowest BCUT2D eigenvalue weighted by atomic mass is 9.90. The van der Waals surface area contributed by atoms with Gasteiger partial charge in [-0.15, -0.1) is 0 Å². The van der Waals surface area contributed by atoms with Gasteiger partial charge in [-0.2, -0.15) is 0 Å². The molecule has 1 unspecified atom stereocenters. The van der Waals surface area contributed by atoms with Gasteiger partial charge in [-0.05, 0) is 31.9 Å². The van der Waals surface area contributed by atoms with Crippen molar-refractivity contribution in [2.75, 3.05) is 13.1 Å². The highest BCUT2D eigenvalue weighted by Crippen LogP contribution is 2.21. The standard InChI is InChI=1S/C20H22N2O4S/c1-15-9-11-18(12-10-15)27(25,26)21-20(24)22-13-5-8-17(14-22)19(23)16-6-3-2-4-7-16/h2-4,6-7,9-12,17H,5,8,13-14H2,1H3,(H,21,24). The van der Waals surface area contributed by atoms with Gasteiger partial charge in [0.15, 0.2) is 5.78 Å². The molecule has 27 heavy (non-hydrogen) atoms. The van der Waals surface area contributed by atoms with E-state index in [0.717, 1.165) is 5.56 Å². The number of sulfonamides is 1. The van der Waals surface area contributed by atoms with Gasteiger partial charge in [0.05, 0.1) is 4.90 Å². The molecule has 0 aliphatic carbocycles. The highest BCUT2D eigenvalue weighted by molar-refractivity contribution is 7.90. The van der Waals surface area contributed by atoms with Gasteiger partial charge in [-0.3, -0.25) is 4.79 Å². The van der Waals surface area contributed by atoms with Crippen molar-refractivity contribution in [3.05, 3.63) is 65.7 Å². The first-order valence-electron chi connectivity index (χ1n) is 8.84. The highest BCUT2D eigenvalue weighted by Gasteiger charge is 2.30. The van der Waals surface area contributed by atoms with Crippen molar-refractivity contribution < 1.29 is 18.0 Å². The number of benzene rings is 2. The maximum atomic E-state index is 12.6. The van der Waals surface area contributed by atoms with Crippen molar-refractivity contribution in [1.82, 2.24) is 9.62 Å². The number of hydrogen-bond donors (Lipinski definition) is 1. The molecule has 2 amide bonds. The van der Waals surface area contributed by atoms with E-state index in [1.165, 1.54) is 17.0 Å². The number of Topliss-reactive ketones (excluding diaryl/α,β-unsaturated/α-hetero) is 1. The SMILES string of the molecule is Cc1ccc(S(=O)(=O)NC(=O)N2CCCC(C(=O)c3ccccc3)C2)cc1. The summed E-state index contributed by atoms with van der Waals surface area (Å²) in [5, 5.41) is 0. The molecule has 0 radical (unpaired) electrons. The summed E-state index contributed by atoms with van der Waals surface area (Å²) in [5.41, 5.74) is 1.54. The molecular formula is C20H22N2O4S. The zero-order chi connectivity index (χ0) is 19.4. The van der Waals surface area contributed by atoms with Gasteiger partial charge >= 0.3 is 6.03 Å². The van der Waals surface area contributed by atoms with Crippen LogP contribution < -0.4 is 4.72 Å². The Kier molecular flexibility index (Phi) is 5.60. The molecule has 0 aromatic heterocycles. The number of urea groups is 1. The van der Waals surface area contributed by atoms with Gasteiger partial charge < -0.3 is 4.90 Å². The van der Waals surface area contributed by atoms with Crippen LogP contribution in [0.1, 0.15) is 28.8 Å². The van der Waals surface area contributed by atoms with E-state index < -0.39 is 16.1 Å². The average molecular weight is 386 g/mol. The van der Waals surface area contributed by atoms with Gasteiger partial charge in [0.1, 0.15) is 0 Å². The summed E-state index contributed by atoms with van der Waals surface area (Å²) >= 11 is 0. The Hall–Kier alpha value is -2.67. The van der Waals surface area contributed by atoms with E-state index in [1.54, 1.807) is 36.4 Å². The number of hydrogen-bond acceptors (Lipinski definition) is 4.